The summed E-state index contributed by atoms with van der Waals surface area (Å²) in [5, 5.41) is 10.4. The van der Waals surface area contributed by atoms with Crippen molar-refractivity contribution in [2.75, 3.05) is 25.0 Å². The van der Waals surface area contributed by atoms with Gasteiger partial charge in [-0.25, -0.2) is 0 Å². The summed E-state index contributed by atoms with van der Waals surface area (Å²) in [4.78, 5) is 24.6. The first-order chi connectivity index (χ1) is 9.74. The van der Waals surface area contributed by atoms with Crippen molar-refractivity contribution in [2.45, 2.75) is 31.6 Å². The minimum atomic E-state index is -0.152. The fraction of sp³-hybridized carbons (Fsp3) is 0.692. The number of nitrogens with zero attached hydrogens (tertiary/aromatic N) is 3. The van der Waals surface area contributed by atoms with Crippen molar-refractivity contribution in [3.63, 3.8) is 0 Å². The number of rotatable bonds is 5. The van der Waals surface area contributed by atoms with E-state index in [4.69, 9.17) is 4.42 Å². The van der Waals surface area contributed by atoms with E-state index in [0.29, 0.717) is 18.4 Å². The Balaban J connectivity index is 1.45. The number of nitrogens with one attached hydrogen (secondary N) is 1. The molecular formula is C13H18N4O3. The predicted octanol–water partition coefficient (Wildman–Crippen LogP) is 0.796. The van der Waals surface area contributed by atoms with Gasteiger partial charge < -0.3 is 9.21 Å². The molecule has 1 aromatic rings. The van der Waals surface area contributed by atoms with Gasteiger partial charge in [-0.05, 0) is 38.8 Å². The molecular weight excluding hydrogens is 260 g/mol. The third kappa shape index (κ3) is 3.22. The van der Waals surface area contributed by atoms with Gasteiger partial charge in [-0.2, -0.15) is 0 Å². The summed E-state index contributed by atoms with van der Waals surface area (Å²) in [5.41, 5.74) is 0. The normalized spacial score (nSPS) is 20.8. The summed E-state index contributed by atoms with van der Waals surface area (Å²) in [5.74, 6) is 0.995. The molecule has 1 N–H and O–H groups in total. The van der Waals surface area contributed by atoms with Crippen LogP contribution < -0.4 is 5.32 Å². The Morgan fingerprint density at radius 2 is 2.05 bits per heavy atom. The van der Waals surface area contributed by atoms with Crippen LogP contribution in [0.3, 0.4) is 0 Å². The molecule has 7 nitrogen and oxygen atoms in total. The average Bonchev–Trinajstić information content (AvgIpc) is 3.20. The smallest absolute Gasteiger partial charge is 0.322 e. The average molecular weight is 278 g/mol. The molecule has 108 valence electrons. The molecule has 1 aliphatic carbocycles. The van der Waals surface area contributed by atoms with Crippen LogP contribution in [0.15, 0.2) is 4.42 Å². The van der Waals surface area contributed by atoms with Crippen molar-refractivity contribution in [1.82, 2.24) is 15.1 Å². The van der Waals surface area contributed by atoms with E-state index in [0.717, 1.165) is 45.1 Å². The maximum absolute atomic E-state index is 11.9. The predicted molar refractivity (Wildman–Crippen MR) is 70.1 cm³/mol. The lowest BCUT2D eigenvalue weighted by Gasteiger charge is -2.28. The molecule has 1 amide bonds. The molecule has 1 aromatic heterocycles. The topological polar surface area (TPSA) is 88.3 Å². The van der Waals surface area contributed by atoms with Gasteiger partial charge >= 0.3 is 6.01 Å². The molecule has 1 aliphatic heterocycles. The molecule has 2 heterocycles. The van der Waals surface area contributed by atoms with E-state index in [1.165, 1.54) is 0 Å². The van der Waals surface area contributed by atoms with E-state index in [1.807, 2.05) is 4.90 Å². The van der Waals surface area contributed by atoms with Crippen LogP contribution in [-0.4, -0.2) is 46.9 Å². The SMILES string of the molecule is O=CC1CCN(CC(=O)Nc2nnc(C3CC3)o2)CC1. The Morgan fingerprint density at radius 1 is 1.30 bits per heavy atom. The molecule has 0 aromatic carbocycles. The molecule has 0 radical (unpaired) electrons. The number of piperidine rings is 1. The molecule has 0 bridgehead atoms. The molecule has 3 rings (SSSR count). The van der Waals surface area contributed by atoms with Gasteiger partial charge in [0.05, 0.1) is 6.54 Å². The lowest BCUT2D eigenvalue weighted by Crippen LogP contribution is -2.39. The van der Waals surface area contributed by atoms with Crippen molar-refractivity contribution >= 4 is 18.2 Å². The highest BCUT2D eigenvalue weighted by atomic mass is 16.4. The van der Waals surface area contributed by atoms with E-state index in [2.05, 4.69) is 15.5 Å². The second-order valence-corrected chi connectivity index (χ2v) is 5.52. The molecule has 20 heavy (non-hydrogen) atoms. The van der Waals surface area contributed by atoms with Crippen molar-refractivity contribution in [3.8, 4) is 0 Å². The maximum atomic E-state index is 11.9. The Kier molecular flexibility index (Phi) is 3.77. The quantitative estimate of drug-likeness (QED) is 0.801. The van der Waals surface area contributed by atoms with Gasteiger partial charge in [-0.3, -0.25) is 15.0 Å². The van der Waals surface area contributed by atoms with Gasteiger partial charge in [0.2, 0.25) is 11.8 Å². The number of anilines is 1. The van der Waals surface area contributed by atoms with Crippen LogP contribution in [0, 0.1) is 5.92 Å². The summed E-state index contributed by atoms with van der Waals surface area (Å²) in [6.45, 7) is 1.84. The highest BCUT2D eigenvalue weighted by Crippen LogP contribution is 2.39. The molecule has 0 atom stereocenters. The highest BCUT2D eigenvalue weighted by Gasteiger charge is 2.29. The van der Waals surface area contributed by atoms with Crippen molar-refractivity contribution < 1.29 is 14.0 Å². The van der Waals surface area contributed by atoms with E-state index in [-0.39, 0.29) is 17.8 Å². The zero-order valence-corrected chi connectivity index (χ0v) is 11.2. The molecule has 2 aliphatic rings. The molecule has 1 saturated carbocycles. The number of amides is 1. The van der Waals surface area contributed by atoms with Gasteiger partial charge in [-0.15, -0.1) is 5.10 Å². The third-order valence-electron chi connectivity index (χ3n) is 3.81. The van der Waals surface area contributed by atoms with E-state index < -0.39 is 0 Å². The van der Waals surface area contributed by atoms with Crippen LogP contribution in [-0.2, 0) is 9.59 Å². The number of hydrogen-bond acceptors (Lipinski definition) is 6. The summed E-state index contributed by atoms with van der Waals surface area (Å²) in [6, 6.07) is 0.180. The van der Waals surface area contributed by atoms with Gasteiger partial charge in [-0.1, -0.05) is 5.10 Å². The maximum Gasteiger partial charge on any atom is 0.322 e. The summed E-state index contributed by atoms with van der Waals surface area (Å²) in [7, 11) is 0. The first kappa shape index (κ1) is 13.2. The molecule has 1 saturated heterocycles. The Hall–Kier alpha value is -1.76. The molecule has 0 unspecified atom stereocenters. The van der Waals surface area contributed by atoms with Crippen molar-refractivity contribution in [3.05, 3.63) is 5.89 Å². The van der Waals surface area contributed by atoms with E-state index in [1.54, 1.807) is 0 Å². The second kappa shape index (κ2) is 5.70. The highest BCUT2D eigenvalue weighted by molar-refractivity contribution is 5.90. The molecule has 7 heteroatoms. The largest absolute Gasteiger partial charge is 0.408 e. The zero-order valence-electron chi connectivity index (χ0n) is 11.2. The fourth-order valence-corrected chi connectivity index (χ4v) is 2.39. The standard InChI is InChI=1S/C13H18N4O3/c18-8-9-3-5-17(6-4-9)7-11(19)14-13-16-15-12(20-13)10-1-2-10/h8-10H,1-7H2,(H,14,16,19). The number of carbonyl (C=O) groups is 2. The zero-order chi connectivity index (χ0) is 13.9. The lowest BCUT2D eigenvalue weighted by atomic mass is 9.99. The second-order valence-electron chi connectivity index (χ2n) is 5.52. The van der Waals surface area contributed by atoms with Gasteiger partial charge in [0.15, 0.2) is 0 Å². The van der Waals surface area contributed by atoms with Crippen LogP contribution in [0.4, 0.5) is 6.01 Å². The Bertz CT molecular complexity index is 490. The summed E-state index contributed by atoms with van der Waals surface area (Å²) in [6.07, 6.45) is 4.82. The first-order valence-electron chi connectivity index (χ1n) is 7.05. The van der Waals surface area contributed by atoms with E-state index >= 15 is 0 Å². The van der Waals surface area contributed by atoms with Crippen LogP contribution in [0.5, 0.6) is 0 Å². The van der Waals surface area contributed by atoms with Crippen LogP contribution in [0.25, 0.3) is 0 Å². The van der Waals surface area contributed by atoms with Crippen LogP contribution in [0.1, 0.15) is 37.5 Å². The lowest BCUT2D eigenvalue weighted by molar-refractivity contribution is -0.118. The minimum Gasteiger partial charge on any atom is -0.408 e. The van der Waals surface area contributed by atoms with Gasteiger partial charge in [0.1, 0.15) is 6.29 Å². The minimum absolute atomic E-state index is 0.145. The number of aldehydes is 1. The summed E-state index contributed by atoms with van der Waals surface area (Å²) >= 11 is 0. The number of carbonyl (C=O) groups excluding carboxylic acids is 2. The van der Waals surface area contributed by atoms with E-state index in [9.17, 15) is 9.59 Å². The first-order valence-corrected chi connectivity index (χ1v) is 7.05. The number of hydrogen-bond donors (Lipinski definition) is 1. The number of aromatic nitrogens is 2. The molecule has 0 spiro atoms. The number of likely N-dealkylation sites (tertiary alicyclic amines) is 1. The van der Waals surface area contributed by atoms with Gasteiger partial charge in [0, 0.05) is 11.8 Å². The Morgan fingerprint density at radius 3 is 2.70 bits per heavy atom. The summed E-state index contributed by atoms with van der Waals surface area (Å²) < 4.78 is 5.38. The Labute approximate surface area is 116 Å². The van der Waals surface area contributed by atoms with Crippen molar-refractivity contribution in [2.24, 2.45) is 5.92 Å². The molecule has 2 fully saturated rings. The van der Waals surface area contributed by atoms with Gasteiger partial charge in [0.25, 0.3) is 0 Å². The third-order valence-corrected chi connectivity index (χ3v) is 3.81. The fourth-order valence-electron chi connectivity index (χ4n) is 2.39. The van der Waals surface area contributed by atoms with Crippen LogP contribution >= 0.6 is 0 Å². The van der Waals surface area contributed by atoms with Crippen molar-refractivity contribution in [1.29, 1.82) is 0 Å². The van der Waals surface area contributed by atoms with Crippen LogP contribution in [0.2, 0.25) is 0 Å². The monoisotopic (exact) mass is 278 g/mol.